The molecule has 168 valence electrons. The van der Waals surface area contributed by atoms with E-state index in [4.69, 9.17) is 9.47 Å². The molecule has 0 aromatic heterocycles. The number of nitrogens with zero attached hydrogens (tertiary/aromatic N) is 1. The fourth-order valence-electron chi connectivity index (χ4n) is 4.14. The van der Waals surface area contributed by atoms with Crippen LogP contribution in [0.3, 0.4) is 0 Å². The average Bonchev–Trinajstić information content (AvgIpc) is 3.19. The number of benzene rings is 2. The molecular formula is C26H35NO4. The standard InChI is InChI=1S/C26H35NO4/c1-3-4-5-6-7-25(31-19-20-8-15-24(30-2)16-9-20)21-10-12-22(13-11-21)27-23(18-28)14-17-26(27)29/h8-13,15-16,23,25,28H,3-7,14,17-19H2,1-2H3/t23-,25?/m1/s1. The number of unbranched alkanes of at least 4 members (excludes halogenated alkanes) is 3. The van der Waals surface area contributed by atoms with Gasteiger partial charge in [-0.15, -0.1) is 0 Å². The van der Waals surface area contributed by atoms with Crippen molar-refractivity contribution in [2.45, 2.75) is 70.6 Å². The Morgan fingerprint density at radius 2 is 1.81 bits per heavy atom. The third-order valence-corrected chi connectivity index (χ3v) is 6.01. The van der Waals surface area contributed by atoms with Crippen LogP contribution in [0.4, 0.5) is 5.69 Å². The molecule has 3 rings (SSSR count). The summed E-state index contributed by atoms with van der Waals surface area (Å²) in [4.78, 5) is 14.0. The van der Waals surface area contributed by atoms with E-state index in [1.807, 2.05) is 36.4 Å². The van der Waals surface area contributed by atoms with E-state index in [1.165, 1.54) is 19.3 Å². The van der Waals surface area contributed by atoms with Gasteiger partial charge in [-0.05, 0) is 48.2 Å². The molecule has 2 aromatic carbocycles. The zero-order valence-corrected chi connectivity index (χ0v) is 18.8. The van der Waals surface area contributed by atoms with Crippen molar-refractivity contribution < 1.29 is 19.4 Å². The number of ether oxygens (including phenoxy) is 2. The molecule has 0 spiro atoms. The summed E-state index contributed by atoms with van der Waals surface area (Å²) >= 11 is 0. The molecular weight excluding hydrogens is 390 g/mol. The molecule has 1 heterocycles. The van der Waals surface area contributed by atoms with Gasteiger partial charge in [0.25, 0.3) is 0 Å². The van der Waals surface area contributed by atoms with E-state index in [-0.39, 0.29) is 24.7 Å². The molecule has 1 fully saturated rings. The van der Waals surface area contributed by atoms with Crippen LogP contribution in [-0.4, -0.2) is 30.8 Å². The second-order valence-corrected chi connectivity index (χ2v) is 8.23. The first-order valence-electron chi connectivity index (χ1n) is 11.4. The van der Waals surface area contributed by atoms with Gasteiger partial charge in [0.1, 0.15) is 5.75 Å². The molecule has 31 heavy (non-hydrogen) atoms. The Hall–Kier alpha value is -2.37. The summed E-state index contributed by atoms with van der Waals surface area (Å²) in [6.07, 6.45) is 6.97. The highest BCUT2D eigenvalue weighted by Crippen LogP contribution is 2.31. The van der Waals surface area contributed by atoms with Gasteiger partial charge in [0.15, 0.2) is 0 Å². The topological polar surface area (TPSA) is 59.0 Å². The van der Waals surface area contributed by atoms with E-state index in [0.29, 0.717) is 19.4 Å². The summed E-state index contributed by atoms with van der Waals surface area (Å²) in [6.45, 7) is 2.76. The normalized spacial score (nSPS) is 17.2. The molecule has 1 unspecified atom stereocenters. The third-order valence-electron chi connectivity index (χ3n) is 6.01. The van der Waals surface area contributed by atoms with Gasteiger partial charge in [-0.25, -0.2) is 0 Å². The second-order valence-electron chi connectivity index (χ2n) is 8.23. The molecule has 1 amide bonds. The molecule has 0 radical (unpaired) electrons. The fraction of sp³-hybridized carbons (Fsp3) is 0.500. The molecule has 2 atom stereocenters. The van der Waals surface area contributed by atoms with Gasteiger partial charge < -0.3 is 19.5 Å². The molecule has 0 bridgehead atoms. The molecule has 1 aliphatic rings. The van der Waals surface area contributed by atoms with E-state index >= 15 is 0 Å². The number of hydrogen-bond donors (Lipinski definition) is 1. The van der Waals surface area contributed by atoms with Crippen molar-refractivity contribution in [1.82, 2.24) is 0 Å². The first kappa shape index (κ1) is 23.3. The predicted molar refractivity (Wildman–Crippen MR) is 123 cm³/mol. The molecule has 5 heteroatoms. The lowest BCUT2D eigenvalue weighted by Gasteiger charge is -2.24. The highest BCUT2D eigenvalue weighted by molar-refractivity contribution is 5.96. The van der Waals surface area contributed by atoms with Gasteiger partial charge in [0.2, 0.25) is 5.91 Å². The monoisotopic (exact) mass is 425 g/mol. The van der Waals surface area contributed by atoms with Gasteiger partial charge in [0.05, 0.1) is 32.5 Å². The third kappa shape index (κ3) is 6.31. The van der Waals surface area contributed by atoms with E-state index in [0.717, 1.165) is 35.4 Å². The molecule has 1 saturated heterocycles. The Morgan fingerprint density at radius 3 is 2.45 bits per heavy atom. The average molecular weight is 426 g/mol. The van der Waals surface area contributed by atoms with Crippen LogP contribution >= 0.6 is 0 Å². The van der Waals surface area contributed by atoms with Crippen molar-refractivity contribution in [3.05, 3.63) is 59.7 Å². The van der Waals surface area contributed by atoms with Crippen LogP contribution in [0, 0.1) is 0 Å². The number of carbonyl (C=O) groups excluding carboxylic acids is 1. The number of methoxy groups -OCH3 is 1. The van der Waals surface area contributed by atoms with Crippen molar-refractivity contribution in [1.29, 1.82) is 0 Å². The summed E-state index contributed by atoms with van der Waals surface area (Å²) in [5.74, 6) is 0.923. The van der Waals surface area contributed by atoms with Gasteiger partial charge >= 0.3 is 0 Å². The highest BCUT2D eigenvalue weighted by atomic mass is 16.5. The molecule has 1 N–H and O–H groups in total. The Kier molecular flexibility index (Phi) is 8.92. The minimum absolute atomic E-state index is 0.00147. The second kappa shape index (κ2) is 11.9. The number of carbonyl (C=O) groups is 1. The summed E-state index contributed by atoms with van der Waals surface area (Å²) < 4.78 is 11.6. The maximum Gasteiger partial charge on any atom is 0.227 e. The van der Waals surface area contributed by atoms with Crippen molar-refractivity contribution >= 4 is 11.6 Å². The minimum atomic E-state index is -0.116. The van der Waals surface area contributed by atoms with Gasteiger partial charge in [-0.3, -0.25) is 4.79 Å². The Morgan fingerprint density at radius 1 is 1.06 bits per heavy atom. The van der Waals surface area contributed by atoms with Crippen molar-refractivity contribution in [2.24, 2.45) is 0 Å². The van der Waals surface area contributed by atoms with E-state index in [9.17, 15) is 9.90 Å². The van der Waals surface area contributed by atoms with Gasteiger partial charge in [-0.2, -0.15) is 0 Å². The zero-order chi connectivity index (χ0) is 22.1. The fourth-order valence-corrected chi connectivity index (χ4v) is 4.14. The molecule has 1 aliphatic heterocycles. The van der Waals surface area contributed by atoms with E-state index in [1.54, 1.807) is 12.0 Å². The van der Waals surface area contributed by atoms with Crippen LogP contribution in [0.2, 0.25) is 0 Å². The Labute approximate surface area is 186 Å². The molecule has 5 nitrogen and oxygen atoms in total. The summed E-state index contributed by atoms with van der Waals surface area (Å²) in [7, 11) is 1.67. The van der Waals surface area contributed by atoms with Crippen LogP contribution in [0.25, 0.3) is 0 Å². The lowest BCUT2D eigenvalue weighted by molar-refractivity contribution is -0.117. The molecule has 0 saturated carbocycles. The Bertz CT molecular complexity index is 803. The zero-order valence-electron chi connectivity index (χ0n) is 18.8. The van der Waals surface area contributed by atoms with E-state index < -0.39 is 0 Å². The van der Waals surface area contributed by atoms with Crippen LogP contribution in [0.1, 0.15) is 69.1 Å². The first-order chi connectivity index (χ1) is 15.2. The number of amides is 1. The number of aliphatic hydroxyl groups excluding tert-OH is 1. The largest absolute Gasteiger partial charge is 0.497 e. The summed E-state index contributed by atoms with van der Waals surface area (Å²) in [6, 6.07) is 15.9. The highest BCUT2D eigenvalue weighted by Gasteiger charge is 2.31. The predicted octanol–water partition coefficient (Wildman–Crippen LogP) is 5.41. The number of hydrogen-bond acceptors (Lipinski definition) is 4. The minimum Gasteiger partial charge on any atom is -0.497 e. The molecule has 2 aromatic rings. The lowest BCUT2D eigenvalue weighted by atomic mass is 10.0. The summed E-state index contributed by atoms with van der Waals surface area (Å²) in [5.41, 5.74) is 3.09. The van der Waals surface area contributed by atoms with Crippen LogP contribution in [-0.2, 0) is 16.1 Å². The van der Waals surface area contributed by atoms with Gasteiger partial charge in [0, 0.05) is 12.1 Å². The maximum absolute atomic E-state index is 12.3. The number of anilines is 1. The first-order valence-corrected chi connectivity index (χ1v) is 11.4. The quantitative estimate of drug-likeness (QED) is 0.462. The SMILES string of the molecule is CCCCCCC(OCc1ccc(OC)cc1)c1ccc(N2C(=O)CC[C@@H]2CO)cc1. The van der Waals surface area contributed by atoms with Crippen LogP contribution < -0.4 is 9.64 Å². The smallest absolute Gasteiger partial charge is 0.227 e. The van der Waals surface area contributed by atoms with Crippen molar-refractivity contribution in [2.75, 3.05) is 18.6 Å². The molecule has 0 aliphatic carbocycles. The van der Waals surface area contributed by atoms with Crippen molar-refractivity contribution in [3.8, 4) is 5.75 Å². The summed E-state index contributed by atoms with van der Waals surface area (Å²) in [5, 5.41) is 9.59. The maximum atomic E-state index is 12.3. The van der Waals surface area contributed by atoms with Gasteiger partial charge in [-0.1, -0.05) is 56.9 Å². The lowest BCUT2D eigenvalue weighted by Crippen LogP contribution is -2.35. The van der Waals surface area contributed by atoms with Crippen molar-refractivity contribution in [3.63, 3.8) is 0 Å². The van der Waals surface area contributed by atoms with Crippen LogP contribution in [0.5, 0.6) is 5.75 Å². The van der Waals surface area contributed by atoms with E-state index in [2.05, 4.69) is 19.1 Å². The number of aliphatic hydroxyl groups is 1. The Balaban J connectivity index is 1.69. The number of rotatable bonds is 12. The van der Waals surface area contributed by atoms with Crippen LogP contribution in [0.15, 0.2) is 48.5 Å².